The first-order valence-electron chi connectivity index (χ1n) is 5.66. The highest BCUT2D eigenvalue weighted by Crippen LogP contribution is 2.25. The van der Waals surface area contributed by atoms with Gasteiger partial charge in [0.1, 0.15) is 0 Å². The Morgan fingerprint density at radius 2 is 2.35 bits per heavy atom. The molecule has 0 saturated carbocycles. The molecule has 0 radical (unpaired) electrons. The van der Waals surface area contributed by atoms with E-state index in [2.05, 4.69) is 21.2 Å². The van der Waals surface area contributed by atoms with Gasteiger partial charge in [-0.1, -0.05) is 22.0 Å². The van der Waals surface area contributed by atoms with Crippen LogP contribution in [0.3, 0.4) is 0 Å². The lowest BCUT2D eigenvalue weighted by Gasteiger charge is -2.15. The second kappa shape index (κ2) is 5.06. The lowest BCUT2D eigenvalue weighted by molar-refractivity contribution is 0.250. The van der Waals surface area contributed by atoms with Gasteiger partial charge in [-0.3, -0.25) is 4.90 Å². The maximum atomic E-state index is 11.8. The normalized spacial score (nSPS) is 19.6. The van der Waals surface area contributed by atoms with Gasteiger partial charge in [0, 0.05) is 22.7 Å². The van der Waals surface area contributed by atoms with E-state index < -0.39 is 0 Å². The molecule has 0 aromatic heterocycles. The van der Waals surface area contributed by atoms with Gasteiger partial charge in [0.2, 0.25) is 0 Å². The molecular formula is C12H16BrN3O. The summed E-state index contributed by atoms with van der Waals surface area (Å²) < 4.78 is 1.02. The fraction of sp³-hybridized carbons (Fsp3) is 0.417. The molecule has 1 aliphatic heterocycles. The molecule has 1 unspecified atom stereocenters. The molecule has 92 valence electrons. The fourth-order valence-corrected chi connectivity index (χ4v) is 2.31. The largest absolute Gasteiger partial charge is 0.333 e. The van der Waals surface area contributed by atoms with Crippen LogP contribution in [-0.4, -0.2) is 25.2 Å². The number of carbonyl (C=O) groups excluding carboxylic acids is 1. The van der Waals surface area contributed by atoms with Crippen LogP contribution in [0.25, 0.3) is 0 Å². The van der Waals surface area contributed by atoms with Crippen LogP contribution in [0.15, 0.2) is 22.7 Å². The van der Waals surface area contributed by atoms with Crippen LogP contribution < -0.4 is 16.0 Å². The van der Waals surface area contributed by atoms with Gasteiger partial charge < -0.3 is 11.1 Å². The quantitative estimate of drug-likeness (QED) is 0.896. The molecule has 1 aliphatic rings. The summed E-state index contributed by atoms with van der Waals surface area (Å²) in [5.74, 6) is 0. The van der Waals surface area contributed by atoms with Crippen LogP contribution in [0.2, 0.25) is 0 Å². The Kier molecular flexibility index (Phi) is 3.69. The smallest absolute Gasteiger partial charge is 0.322 e. The molecule has 1 fully saturated rings. The van der Waals surface area contributed by atoms with Gasteiger partial charge in [-0.05, 0) is 37.6 Å². The number of aryl methyl sites for hydroxylation is 1. The summed E-state index contributed by atoms with van der Waals surface area (Å²) in [5, 5.41) is 2.93. The van der Waals surface area contributed by atoms with E-state index >= 15 is 0 Å². The topological polar surface area (TPSA) is 58.4 Å². The molecule has 2 rings (SSSR count). The Bertz CT molecular complexity index is 436. The molecule has 1 aromatic rings. The Labute approximate surface area is 109 Å². The first-order valence-corrected chi connectivity index (χ1v) is 6.45. The molecule has 17 heavy (non-hydrogen) atoms. The first kappa shape index (κ1) is 12.4. The first-order chi connectivity index (χ1) is 8.11. The number of amides is 2. The van der Waals surface area contributed by atoms with Gasteiger partial charge in [0.15, 0.2) is 0 Å². The van der Waals surface area contributed by atoms with Crippen molar-refractivity contribution in [3.05, 3.63) is 28.2 Å². The molecular weight excluding hydrogens is 282 g/mol. The minimum Gasteiger partial charge on any atom is -0.333 e. The molecule has 1 saturated heterocycles. The summed E-state index contributed by atoms with van der Waals surface area (Å²) in [6, 6.07) is 6.06. The number of urea groups is 1. The molecule has 2 amide bonds. The average molecular weight is 298 g/mol. The van der Waals surface area contributed by atoms with Crippen molar-refractivity contribution in [3.63, 3.8) is 0 Å². The van der Waals surface area contributed by atoms with Crippen LogP contribution in [-0.2, 0) is 0 Å². The van der Waals surface area contributed by atoms with Gasteiger partial charge in [-0.2, -0.15) is 0 Å². The zero-order chi connectivity index (χ0) is 12.4. The summed E-state index contributed by atoms with van der Waals surface area (Å²) >= 11 is 3.48. The molecule has 5 heteroatoms. The van der Waals surface area contributed by atoms with E-state index in [1.54, 1.807) is 4.90 Å². The van der Waals surface area contributed by atoms with Crippen molar-refractivity contribution in [1.29, 1.82) is 0 Å². The second-order valence-electron chi connectivity index (χ2n) is 4.27. The Hall–Kier alpha value is -1.07. The fourth-order valence-electron chi connectivity index (χ4n) is 1.94. The van der Waals surface area contributed by atoms with Crippen molar-refractivity contribution in [2.75, 3.05) is 18.0 Å². The number of nitrogens with one attached hydrogen (secondary N) is 1. The van der Waals surface area contributed by atoms with Crippen LogP contribution in [0.4, 0.5) is 10.5 Å². The van der Waals surface area contributed by atoms with E-state index in [1.807, 2.05) is 25.1 Å². The van der Waals surface area contributed by atoms with Crippen molar-refractivity contribution in [3.8, 4) is 0 Å². The molecule has 3 N–H and O–H groups in total. The highest BCUT2D eigenvalue weighted by atomic mass is 79.9. The van der Waals surface area contributed by atoms with Gasteiger partial charge in [-0.25, -0.2) is 4.79 Å². The molecule has 1 atom stereocenters. The third-order valence-corrected chi connectivity index (χ3v) is 3.81. The van der Waals surface area contributed by atoms with Crippen molar-refractivity contribution >= 4 is 27.6 Å². The van der Waals surface area contributed by atoms with E-state index in [9.17, 15) is 4.79 Å². The zero-order valence-corrected chi connectivity index (χ0v) is 11.3. The number of nitrogens with two attached hydrogens (primary N) is 1. The number of nitrogens with zero attached hydrogens (tertiary/aromatic N) is 1. The van der Waals surface area contributed by atoms with E-state index in [-0.39, 0.29) is 12.1 Å². The molecule has 1 aromatic carbocycles. The minimum absolute atomic E-state index is 0.0424. The third-order valence-electron chi connectivity index (χ3n) is 2.96. The number of halogens is 1. The molecule has 0 bridgehead atoms. The molecule has 0 aliphatic carbocycles. The molecule has 1 heterocycles. The summed E-state index contributed by atoms with van der Waals surface area (Å²) in [7, 11) is 0. The highest BCUT2D eigenvalue weighted by molar-refractivity contribution is 9.10. The number of hydrogen-bond donors (Lipinski definition) is 2. The van der Waals surface area contributed by atoms with Crippen LogP contribution in [0.5, 0.6) is 0 Å². The number of carbonyl (C=O) groups is 1. The van der Waals surface area contributed by atoms with Crippen molar-refractivity contribution in [2.45, 2.75) is 19.4 Å². The van der Waals surface area contributed by atoms with E-state index in [0.717, 1.165) is 22.1 Å². The van der Waals surface area contributed by atoms with Gasteiger partial charge in [0.25, 0.3) is 0 Å². The predicted octanol–water partition coefficient (Wildman–Crippen LogP) is 2.00. The van der Waals surface area contributed by atoms with E-state index in [0.29, 0.717) is 13.1 Å². The van der Waals surface area contributed by atoms with E-state index in [4.69, 9.17) is 5.73 Å². The predicted molar refractivity (Wildman–Crippen MR) is 72.2 cm³/mol. The Morgan fingerprint density at radius 3 is 3.00 bits per heavy atom. The van der Waals surface area contributed by atoms with Gasteiger partial charge >= 0.3 is 6.03 Å². The zero-order valence-electron chi connectivity index (χ0n) is 9.74. The van der Waals surface area contributed by atoms with Crippen molar-refractivity contribution in [1.82, 2.24) is 5.32 Å². The van der Waals surface area contributed by atoms with Crippen molar-refractivity contribution in [2.24, 2.45) is 5.73 Å². The lowest BCUT2D eigenvalue weighted by Crippen LogP contribution is -2.29. The minimum atomic E-state index is -0.0424. The van der Waals surface area contributed by atoms with Gasteiger partial charge in [-0.15, -0.1) is 0 Å². The number of hydrogen-bond acceptors (Lipinski definition) is 2. The Morgan fingerprint density at radius 1 is 1.59 bits per heavy atom. The van der Waals surface area contributed by atoms with Gasteiger partial charge in [0.05, 0.1) is 0 Å². The summed E-state index contributed by atoms with van der Waals surface area (Å²) in [4.78, 5) is 13.6. The van der Waals surface area contributed by atoms with Crippen molar-refractivity contribution < 1.29 is 4.79 Å². The second-order valence-corrected chi connectivity index (χ2v) is 5.12. The molecule has 0 spiro atoms. The Balaban J connectivity index is 2.17. The van der Waals surface area contributed by atoms with Crippen LogP contribution in [0, 0.1) is 6.92 Å². The maximum Gasteiger partial charge on any atom is 0.322 e. The number of benzene rings is 1. The van der Waals surface area contributed by atoms with Crippen LogP contribution in [0.1, 0.15) is 12.0 Å². The van der Waals surface area contributed by atoms with E-state index in [1.165, 1.54) is 0 Å². The highest BCUT2D eigenvalue weighted by Gasteiger charge is 2.29. The number of anilines is 1. The standard InChI is InChI=1S/C12H16BrN3O/c1-8-2-3-10(6-11(8)13)16-7-9(4-5-14)15-12(16)17/h2-3,6,9H,4-5,7,14H2,1H3,(H,15,17). The lowest BCUT2D eigenvalue weighted by atomic mass is 10.2. The monoisotopic (exact) mass is 297 g/mol. The summed E-state index contributed by atoms with van der Waals surface area (Å²) in [5.41, 5.74) is 7.58. The van der Waals surface area contributed by atoms with Crippen LogP contribution >= 0.6 is 15.9 Å². The maximum absolute atomic E-state index is 11.8. The molecule has 4 nitrogen and oxygen atoms in total. The SMILES string of the molecule is Cc1ccc(N2CC(CCN)NC2=O)cc1Br. The average Bonchev–Trinajstić information content (AvgIpc) is 2.64. The summed E-state index contributed by atoms with van der Waals surface area (Å²) in [6.07, 6.45) is 0.815. The third kappa shape index (κ3) is 2.61. The summed E-state index contributed by atoms with van der Waals surface area (Å²) in [6.45, 7) is 3.30. The number of rotatable bonds is 3.